The van der Waals surface area contributed by atoms with Gasteiger partial charge in [0.05, 0.1) is 12.2 Å². The van der Waals surface area contributed by atoms with Crippen LogP contribution in [0.15, 0.2) is 0 Å². The molecule has 0 aromatic heterocycles. The lowest BCUT2D eigenvalue weighted by atomic mass is 9.75. The second-order valence-corrected chi connectivity index (χ2v) is 4.31. The summed E-state index contributed by atoms with van der Waals surface area (Å²) in [5.74, 6) is 1.38. The summed E-state index contributed by atoms with van der Waals surface area (Å²) in [5.41, 5.74) is 0. The number of aliphatic hydroxyl groups is 1. The van der Waals surface area contributed by atoms with Crippen molar-refractivity contribution in [1.82, 2.24) is 0 Å². The van der Waals surface area contributed by atoms with Crippen LogP contribution in [0.5, 0.6) is 0 Å². The Morgan fingerprint density at radius 3 is 2.92 bits per heavy atom. The maximum absolute atomic E-state index is 9.51. The van der Waals surface area contributed by atoms with Crippen LogP contribution in [-0.4, -0.2) is 23.9 Å². The first-order valence-corrected chi connectivity index (χ1v) is 5.07. The van der Waals surface area contributed by atoms with Crippen LogP contribution in [0.4, 0.5) is 0 Å². The number of aliphatic hydroxyl groups excluding tert-OH is 1. The summed E-state index contributed by atoms with van der Waals surface area (Å²) < 4.78 is 5.69. The Balaban J connectivity index is 2.00. The number of hydrogen-bond acceptors (Lipinski definition) is 2. The molecule has 2 aliphatic rings. The molecule has 0 aromatic carbocycles. The van der Waals surface area contributed by atoms with Gasteiger partial charge in [0.2, 0.25) is 0 Å². The minimum absolute atomic E-state index is 0.0598. The SMILES string of the molecule is CC1CCOC2CCC(O)CC12. The molecular weight excluding hydrogens is 152 g/mol. The first kappa shape index (κ1) is 8.52. The molecule has 1 aliphatic heterocycles. The van der Waals surface area contributed by atoms with Crippen LogP contribution in [0.2, 0.25) is 0 Å². The maximum atomic E-state index is 9.51. The molecule has 4 unspecified atom stereocenters. The van der Waals surface area contributed by atoms with Gasteiger partial charge in [0.1, 0.15) is 0 Å². The van der Waals surface area contributed by atoms with Gasteiger partial charge >= 0.3 is 0 Å². The van der Waals surface area contributed by atoms with Crippen LogP contribution in [0, 0.1) is 11.8 Å². The number of hydrogen-bond donors (Lipinski definition) is 1. The van der Waals surface area contributed by atoms with Gasteiger partial charge in [-0.2, -0.15) is 0 Å². The normalized spacial score (nSPS) is 48.5. The molecule has 2 nitrogen and oxygen atoms in total. The Morgan fingerprint density at radius 1 is 1.25 bits per heavy atom. The molecule has 2 fully saturated rings. The predicted molar refractivity (Wildman–Crippen MR) is 46.9 cm³/mol. The molecule has 0 amide bonds. The van der Waals surface area contributed by atoms with Crippen molar-refractivity contribution in [3.63, 3.8) is 0 Å². The van der Waals surface area contributed by atoms with Crippen LogP contribution >= 0.6 is 0 Å². The van der Waals surface area contributed by atoms with Crippen molar-refractivity contribution in [2.75, 3.05) is 6.61 Å². The van der Waals surface area contributed by atoms with E-state index < -0.39 is 0 Å². The Bertz CT molecular complexity index is 158. The van der Waals surface area contributed by atoms with Crippen LogP contribution in [0.3, 0.4) is 0 Å². The molecule has 1 N–H and O–H groups in total. The summed E-state index contributed by atoms with van der Waals surface area (Å²) >= 11 is 0. The molecule has 0 spiro atoms. The van der Waals surface area contributed by atoms with Crippen molar-refractivity contribution in [2.24, 2.45) is 11.8 Å². The lowest BCUT2D eigenvalue weighted by Crippen LogP contribution is -2.41. The van der Waals surface area contributed by atoms with Crippen molar-refractivity contribution >= 4 is 0 Å². The summed E-state index contributed by atoms with van der Waals surface area (Å²) in [4.78, 5) is 0. The molecule has 1 saturated carbocycles. The Morgan fingerprint density at radius 2 is 2.08 bits per heavy atom. The molecule has 1 aliphatic carbocycles. The minimum Gasteiger partial charge on any atom is -0.393 e. The van der Waals surface area contributed by atoms with Crippen LogP contribution in [0.25, 0.3) is 0 Å². The second kappa shape index (κ2) is 3.35. The second-order valence-electron chi connectivity index (χ2n) is 4.31. The summed E-state index contributed by atoms with van der Waals surface area (Å²) in [7, 11) is 0. The quantitative estimate of drug-likeness (QED) is 0.598. The van der Waals surface area contributed by atoms with Gasteiger partial charge in [0, 0.05) is 6.61 Å². The van der Waals surface area contributed by atoms with E-state index in [1.54, 1.807) is 0 Å². The summed E-state index contributed by atoms with van der Waals surface area (Å²) in [6, 6.07) is 0. The van der Waals surface area contributed by atoms with E-state index in [0.29, 0.717) is 12.0 Å². The average Bonchev–Trinajstić information content (AvgIpc) is 2.07. The van der Waals surface area contributed by atoms with Crippen molar-refractivity contribution in [1.29, 1.82) is 0 Å². The largest absolute Gasteiger partial charge is 0.393 e. The highest BCUT2D eigenvalue weighted by Gasteiger charge is 2.36. The monoisotopic (exact) mass is 170 g/mol. The number of ether oxygens (including phenoxy) is 1. The van der Waals surface area contributed by atoms with Gasteiger partial charge < -0.3 is 9.84 Å². The Hall–Kier alpha value is -0.0800. The topological polar surface area (TPSA) is 29.5 Å². The van der Waals surface area contributed by atoms with Crippen LogP contribution in [-0.2, 0) is 4.74 Å². The van der Waals surface area contributed by atoms with Gasteiger partial charge in [-0.1, -0.05) is 6.92 Å². The van der Waals surface area contributed by atoms with Crippen molar-refractivity contribution < 1.29 is 9.84 Å². The maximum Gasteiger partial charge on any atom is 0.0607 e. The van der Waals surface area contributed by atoms with E-state index >= 15 is 0 Å². The van der Waals surface area contributed by atoms with Gasteiger partial charge in [0.15, 0.2) is 0 Å². The summed E-state index contributed by atoms with van der Waals surface area (Å²) in [6.07, 6.45) is 4.54. The highest BCUT2D eigenvalue weighted by Crippen LogP contribution is 2.37. The van der Waals surface area contributed by atoms with E-state index in [2.05, 4.69) is 6.92 Å². The lowest BCUT2D eigenvalue weighted by molar-refractivity contribution is -0.0958. The van der Waals surface area contributed by atoms with Gasteiger partial charge in [-0.05, 0) is 37.5 Å². The zero-order chi connectivity index (χ0) is 8.55. The van der Waals surface area contributed by atoms with Crippen LogP contribution in [0.1, 0.15) is 32.6 Å². The molecule has 70 valence electrons. The smallest absolute Gasteiger partial charge is 0.0607 e. The van der Waals surface area contributed by atoms with E-state index in [-0.39, 0.29) is 6.10 Å². The fourth-order valence-electron chi connectivity index (χ4n) is 2.58. The zero-order valence-electron chi connectivity index (χ0n) is 7.70. The van der Waals surface area contributed by atoms with E-state index in [4.69, 9.17) is 4.74 Å². The third-order valence-electron chi connectivity index (χ3n) is 3.44. The lowest BCUT2D eigenvalue weighted by Gasteiger charge is -2.41. The van der Waals surface area contributed by atoms with E-state index in [0.717, 1.165) is 31.8 Å². The number of fused-ring (bicyclic) bond motifs is 1. The number of rotatable bonds is 0. The predicted octanol–water partition coefficient (Wildman–Crippen LogP) is 1.57. The average molecular weight is 170 g/mol. The van der Waals surface area contributed by atoms with Gasteiger partial charge in [0.25, 0.3) is 0 Å². The minimum atomic E-state index is -0.0598. The van der Waals surface area contributed by atoms with Crippen molar-refractivity contribution in [3.8, 4) is 0 Å². The Labute approximate surface area is 73.9 Å². The third-order valence-corrected chi connectivity index (χ3v) is 3.44. The van der Waals surface area contributed by atoms with Crippen LogP contribution < -0.4 is 0 Å². The molecule has 1 saturated heterocycles. The molecule has 0 aromatic rings. The van der Waals surface area contributed by atoms with Gasteiger partial charge in [-0.15, -0.1) is 0 Å². The Kier molecular flexibility index (Phi) is 2.37. The molecule has 0 radical (unpaired) electrons. The van der Waals surface area contributed by atoms with E-state index in [1.165, 1.54) is 6.42 Å². The summed E-state index contributed by atoms with van der Waals surface area (Å²) in [5, 5.41) is 9.51. The molecule has 2 rings (SSSR count). The fraction of sp³-hybridized carbons (Fsp3) is 1.00. The standard InChI is InChI=1S/C10H18O2/c1-7-4-5-12-10-3-2-8(11)6-9(7)10/h7-11H,2-6H2,1H3. The zero-order valence-corrected chi connectivity index (χ0v) is 7.70. The summed E-state index contributed by atoms with van der Waals surface area (Å²) in [6.45, 7) is 3.22. The first-order valence-electron chi connectivity index (χ1n) is 5.07. The first-order chi connectivity index (χ1) is 5.77. The van der Waals surface area contributed by atoms with Crippen molar-refractivity contribution in [3.05, 3.63) is 0 Å². The molecule has 2 heteroatoms. The van der Waals surface area contributed by atoms with E-state index in [1.807, 2.05) is 0 Å². The highest BCUT2D eigenvalue weighted by atomic mass is 16.5. The van der Waals surface area contributed by atoms with Gasteiger partial charge in [-0.3, -0.25) is 0 Å². The van der Waals surface area contributed by atoms with Crippen molar-refractivity contribution in [2.45, 2.75) is 44.8 Å². The molecular formula is C10H18O2. The van der Waals surface area contributed by atoms with E-state index in [9.17, 15) is 5.11 Å². The van der Waals surface area contributed by atoms with Gasteiger partial charge in [-0.25, -0.2) is 0 Å². The molecule has 1 heterocycles. The molecule has 4 atom stereocenters. The fourth-order valence-corrected chi connectivity index (χ4v) is 2.58. The third kappa shape index (κ3) is 1.50. The highest BCUT2D eigenvalue weighted by molar-refractivity contribution is 4.86. The molecule has 0 bridgehead atoms. The molecule has 12 heavy (non-hydrogen) atoms.